The first kappa shape index (κ1) is 8.54. The maximum Gasteiger partial charge on any atom is 0.220 e. The molecule has 1 N–H and O–H groups in total. The summed E-state index contributed by atoms with van der Waals surface area (Å²) in [6, 6.07) is 0.462. The van der Waals surface area contributed by atoms with Crippen LogP contribution in [0.5, 0.6) is 0 Å². The molecule has 3 atom stereocenters. The largest absolute Gasteiger partial charge is 0.353 e. The van der Waals surface area contributed by atoms with Crippen LogP contribution in [-0.2, 0) is 4.79 Å². The van der Waals surface area contributed by atoms with Gasteiger partial charge in [-0.25, -0.2) is 0 Å². The van der Waals surface area contributed by atoms with E-state index in [0.29, 0.717) is 10.9 Å². The van der Waals surface area contributed by atoms with E-state index in [2.05, 4.69) is 21.2 Å². The van der Waals surface area contributed by atoms with Crippen molar-refractivity contribution in [3.05, 3.63) is 0 Å². The Labute approximate surface area is 81.2 Å². The van der Waals surface area contributed by atoms with Crippen LogP contribution in [0.25, 0.3) is 0 Å². The molecule has 2 rings (SSSR count). The van der Waals surface area contributed by atoms with Crippen molar-refractivity contribution in [2.24, 2.45) is 5.92 Å². The Balaban J connectivity index is 1.99. The number of fused-ring (bicyclic) bond motifs is 1. The minimum Gasteiger partial charge on any atom is -0.353 e. The molecule has 1 aliphatic heterocycles. The van der Waals surface area contributed by atoms with Crippen LogP contribution in [0.4, 0.5) is 0 Å². The van der Waals surface area contributed by atoms with E-state index in [1.165, 1.54) is 12.8 Å². The molecule has 3 heteroatoms. The van der Waals surface area contributed by atoms with E-state index in [-0.39, 0.29) is 5.91 Å². The fraction of sp³-hybridized carbons (Fsp3) is 0.889. The van der Waals surface area contributed by atoms with E-state index in [1.54, 1.807) is 0 Å². The fourth-order valence-electron chi connectivity index (χ4n) is 2.30. The lowest BCUT2D eigenvalue weighted by Crippen LogP contribution is -2.48. The molecular formula is C9H14BrNO. The van der Waals surface area contributed by atoms with Crippen molar-refractivity contribution in [3.8, 4) is 0 Å². The molecule has 3 unspecified atom stereocenters. The number of hydrogen-bond donors (Lipinski definition) is 1. The molecule has 2 nitrogen and oxygen atoms in total. The quantitative estimate of drug-likeness (QED) is 0.634. The number of halogens is 1. The number of nitrogens with one attached hydrogen (secondary N) is 1. The lowest BCUT2D eigenvalue weighted by atomic mass is 9.79. The molecule has 68 valence electrons. The van der Waals surface area contributed by atoms with Crippen LogP contribution in [-0.4, -0.2) is 16.8 Å². The van der Waals surface area contributed by atoms with E-state index < -0.39 is 0 Å². The average Bonchev–Trinajstić information content (AvgIpc) is 2.03. The first-order valence-electron chi connectivity index (χ1n) is 4.69. The summed E-state index contributed by atoms with van der Waals surface area (Å²) in [5, 5.41) is 3.08. The summed E-state index contributed by atoms with van der Waals surface area (Å²) < 4.78 is 0. The van der Waals surface area contributed by atoms with Gasteiger partial charge in [0.2, 0.25) is 5.91 Å². The smallest absolute Gasteiger partial charge is 0.220 e. The first-order valence-corrected chi connectivity index (χ1v) is 5.60. The average molecular weight is 232 g/mol. The lowest BCUT2D eigenvalue weighted by molar-refractivity contribution is -0.124. The van der Waals surface area contributed by atoms with E-state index in [9.17, 15) is 4.79 Å². The molecular weight excluding hydrogens is 218 g/mol. The number of amides is 1. The zero-order chi connectivity index (χ0) is 8.55. The SMILES string of the molecule is O=C1CCC2CCC(Br)CC2N1. The molecule has 0 aromatic carbocycles. The number of carbonyl (C=O) groups excluding carboxylic acids is 1. The van der Waals surface area contributed by atoms with Crippen LogP contribution < -0.4 is 5.32 Å². The van der Waals surface area contributed by atoms with Crippen molar-refractivity contribution >= 4 is 21.8 Å². The van der Waals surface area contributed by atoms with Gasteiger partial charge in [-0.05, 0) is 31.6 Å². The highest BCUT2D eigenvalue weighted by Crippen LogP contribution is 2.33. The highest BCUT2D eigenvalue weighted by Gasteiger charge is 2.33. The van der Waals surface area contributed by atoms with Crippen LogP contribution in [0.15, 0.2) is 0 Å². The molecule has 0 aromatic rings. The Hall–Kier alpha value is -0.0500. The molecule has 0 bridgehead atoms. The molecule has 1 heterocycles. The summed E-state index contributed by atoms with van der Waals surface area (Å²) in [7, 11) is 0. The van der Waals surface area contributed by atoms with Crippen molar-refractivity contribution < 1.29 is 4.79 Å². The molecule has 0 spiro atoms. The highest BCUT2D eigenvalue weighted by molar-refractivity contribution is 9.09. The zero-order valence-corrected chi connectivity index (χ0v) is 8.64. The maximum atomic E-state index is 11.1. The van der Waals surface area contributed by atoms with Crippen LogP contribution in [0.3, 0.4) is 0 Å². The van der Waals surface area contributed by atoms with Gasteiger partial charge in [0.15, 0.2) is 0 Å². The van der Waals surface area contributed by atoms with Gasteiger partial charge in [-0.15, -0.1) is 0 Å². The Morgan fingerprint density at radius 1 is 1.33 bits per heavy atom. The summed E-state index contributed by atoms with van der Waals surface area (Å²) in [4.78, 5) is 11.7. The minimum absolute atomic E-state index is 0.248. The van der Waals surface area contributed by atoms with Gasteiger partial charge in [0.1, 0.15) is 0 Å². The van der Waals surface area contributed by atoms with Gasteiger partial charge in [-0.3, -0.25) is 4.79 Å². The van der Waals surface area contributed by atoms with Crippen molar-refractivity contribution in [3.63, 3.8) is 0 Å². The molecule has 0 radical (unpaired) electrons. The second-order valence-corrected chi connectivity index (χ2v) is 5.18. The van der Waals surface area contributed by atoms with E-state index in [4.69, 9.17) is 0 Å². The number of alkyl halides is 1. The standard InChI is InChI=1S/C9H14BrNO/c10-7-3-1-6-2-4-9(12)11-8(6)5-7/h6-8H,1-5H2,(H,11,12). The summed E-state index contributed by atoms with van der Waals surface area (Å²) in [5.41, 5.74) is 0. The second-order valence-electron chi connectivity index (χ2n) is 3.88. The lowest BCUT2D eigenvalue weighted by Gasteiger charge is -2.37. The minimum atomic E-state index is 0.248. The van der Waals surface area contributed by atoms with Gasteiger partial charge in [0.25, 0.3) is 0 Å². The highest BCUT2D eigenvalue weighted by atomic mass is 79.9. The Kier molecular flexibility index (Phi) is 2.40. The molecule has 1 amide bonds. The number of carbonyl (C=O) groups is 1. The Bertz CT molecular complexity index is 195. The fourth-order valence-corrected chi connectivity index (χ4v) is 2.97. The van der Waals surface area contributed by atoms with Crippen molar-refractivity contribution in [1.29, 1.82) is 0 Å². The van der Waals surface area contributed by atoms with E-state index >= 15 is 0 Å². The Morgan fingerprint density at radius 2 is 2.17 bits per heavy atom. The molecule has 1 saturated heterocycles. The normalized spacial score (nSPS) is 41.8. The third-order valence-electron chi connectivity index (χ3n) is 3.02. The summed E-state index contributed by atoms with van der Waals surface area (Å²) in [5.74, 6) is 1.01. The maximum absolute atomic E-state index is 11.1. The Morgan fingerprint density at radius 3 is 3.00 bits per heavy atom. The van der Waals surface area contributed by atoms with Crippen molar-refractivity contribution in [2.45, 2.75) is 43.0 Å². The van der Waals surface area contributed by atoms with E-state index in [0.717, 1.165) is 25.2 Å². The molecule has 2 aliphatic rings. The van der Waals surface area contributed by atoms with Crippen LogP contribution in [0.2, 0.25) is 0 Å². The molecule has 2 fully saturated rings. The second kappa shape index (κ2) is 3.36. The summed E-state index contributed by atoms with van der Waals surface area (Å²) in [6.45, 7) is 0. The van der Waals surface area contributed by atoms with Gasteiger partial charge in [-0.1, -0.05) is 15.9 Å². The third-order valence-corrected chi connectivity index (χ3v) is 3.85. The van der Waals surface area contributed by atoms with Crippen LogP contribution in [0.1, 0.15) is 32.1 Å². The zero-order valence-electron chi connectivity index (χ0n) is 7.05. The monoisotopic (exact) mass is 231 g/mol. The van der Waals surface area contributed by atoms with Gasteiger partial charge in [0, 0.05) is 17.3 Å². The molecule has 1 aliphatic carbocycles. The topological polar surface area (TPSA) is 29.1 Å². The summed E-state index contributed by atoms with van der Waals surface area (Å²) in [6.07, 6.45) is 5.53. The van der Waals surface area contributed by atoms with Gasteiger partial charge < -0.3 is 5.32 Å². The van der Waals surface area contributed by atoms with Gasteiger partial charge in [-0.2, -0.15) is 0 Å². The summed E-state index contributed by atoms with van der Waals surface area (Å²) >= 11 is 3.62. The van der Waals surface area contributed by atoms with Gasteiger partial charge >= 0.3 is 0 Å². The third kappa shape index (κ3) is 1.65. The predicted molar refractivity (Wildman–Crippen MR) is 51.2 cm³/mol. The molecule has 1 saturated carbocycles. The molecule has 0 aromatic heterocycles. The van der Waals surface area contributed by atoms with E-state index in [1.807, 2.05) is 0 Å². The van der Waals surface area contributed by atoms with Gasteiger partial charge in [0.05, 0.1) is 0 Å². The van der Waals surface area contributed by atoms with Crippen molar-refractivity contribution in [1.82, 2.24) is 5.32 Å². The molecule has 12 heavy (non-hydrogen) atoms. The van der Waals surface area contributed by atoms with Crippen LogP contribution in [0, 0.1) is 5.92 Å². The van der Waals surface area contributed by atoms with Crippen molar-refractivity contribution in [2.75, 3.05) is 0 Å². The first-order chi connectivity index (χ1) is 5.75. The predicted octanol–water partition coefficient (Wildman–Crippen LogP) is 1.83. The number of rotatable bonds is 0. The number of piperidine rings is 1. The number of hydrogen-bond acceptors (Lipinski definition) is 1. The van der Waals surface area contributed by atoms with Crippen LogP contribution >= 0.6 is 15.9 Å².